The molecule has 0 saturated carbocycles. The summed E-state index contributed by atoms with van der Waals surface area (Å²) in [4.78, 5) is 0. The highest BCUT2D eigenvalue weighted by molar-refractivity contribution is 4.43. The molecule has 0 unspecified atom stereocenters. The maximum absolute atomic E-state index is 5.49. The Bertz CT molecular complexity index is 430. The van der Waals surface area contributed by atoms with Crippen molar-refractivity contribution >= 4 is 0 Å². The van der Waals surface area contributed by atoms with Crippen molar-refractivity contribution < 1.29 is 52.1 Å². The predicted molar refractivity (Wildman–Crippen MR) is 149 cm³/mol. The minimum atomic E-state index is 0.526. The molecule has 0 amide bonds. The lowest BCUT2D eigenvalue weighted by atomic mass is 10.1. The first-order valence-electron chi connectivity index (χ1n) is 14.6. The van der Waals surface area contributed by atoms with E-state index in [0.717, 1.165) is 26.1 Å². The van der Waals surface area contributed by atoms with Crippen molar-refractivity contribution in [3.63, 3.8) is 0 Å². The van der Waals surface area contributed by atoms with Gasteiger partial charge in [-0.1, -0.05) is 20.8 Å². The first kappa shape index (κ1) is 38.6. The van der Waals surface area contributed by atoms with Crippen LogP contribution < -0.4 is 0 Å². The van der Waals surface area contributed by atoms with Crippen molar-refractivity contribution in [3.8, 4) is 0 Å². The molecule has 0 saturated heterocycles. The van der Waals surface area contributed by atoms with Crippen LogP contribution in [0.5, 0.6) is 0 Å². The van der Waals surface area contributed by atoms with E-state index in [1.54, 1.807) is 0 Å². The van der Waals surface area contributed by atoms with Crippen LogP contribution in [0.15, 0.2) is 0 Å². The first-order chi connectivity index (χ1) is 19.3. The highest BCUT2D eigenvalue weighted by Gasteiger charge is 1.97. The summed E-state index contributed by atoms with van der Waals surface area (Å²) < 4.78 is 59.9. The molecule has 0 rings (SSSR count). The van der Waals surface area contributed by atoms with Crippen molar-refractivity contribution in [2.45, 2.75) is 33.6 Å². The van der Waals surface area contributed by atoms with E-state index < -0.39 is 0 Å². The highest BCUT2D eigenvalue weighted by Crippen LogP contribution is 1.98. The van der Waals surface area contributed by atoms with Crippen molar-refractivity contribution in [2.75, 3.05) is 145 Å². The molecule has 0 fully saturated rings. The molecule has 11 nitrogen and oxygen atoms in total. The summed E-state index contributed by atoms with van der Waals surface area (Å²) in [7, 11) is 0. The fourth-order valence-corrected chi connectivity index (χ4v) is 2.76. The summed E-state index contributed by atoms with van der Waals surface area (Å²) in [5.74, 6) is 0.672. The lowest BCUT2D eigenvalue weighted by Crippen LogP contribution is -2.15. The zero-order valence-electron chi connectivity index (χ0n) is 25.0. The zero-order chi connectivity index (χ0) is 28.3. The normalized spacial score (nSPS) is 11.7. The van der Waals surface area contributed by atoms with Crippen molar-refractivity contribution in [2.24, 2.45) is 5.92 Å². The van der Waals surface area contributed by atoms with Gasteiger partial charge in [-0.25, -0.2) is 0 Å². The van der Waals surface area contributed by atoms with E-state index in [9.17, 15) is 0 Å². The largest absolute Gasteiger partial charge is 0.379 e. The van der Waals surface area contributed by atoms with Crippen LogP contribution in [-0.4, -0.2) is 145 Å². The molecule has 0 aromatic heterocycles. The van der Waals surface area contributed by atoms with Crippen LogP contribution in [0.4, 0.5) is 0 Å². The Morgan fingerprint density at radius 2 is 0.462 bits per heavy atom. The number of hydrogen-bond donors (Lipinski definition) is 0. The number of rotatable bonds is 35. The molecule has 0 N–H and O–H groups in total. The van der Waals surface area contributed by atoms with Gasteiger partial charge in [0.15, 0.2) is 0 Å². The molecule has 0 aliphatic carbocycles. The zero-order valence-corrected chi connectivity index (χ0v) is 25.0. The van der Waals surface area contributed by atoms with Crippen LogP contribution in [0.25, 0.3) is 0 Å². The lowest BCUT2D eigenvalue weighted by molar-refractivity contribution is -0.0275. The second kappa shape index (κ2) is 35.6. The maximum atomic E-state index is 5.49. The van der Waals surface area contributed by atoms with Crippen LogP contribution in [0.3, 0.4) is 0 Å². The van der Waals surface area contributed by atoms with Gasteiger partial charge in [-0.15, -0.1) is 0 Å². The smallest absolute Gasteiger partial charge is 0.0701 e. The predicted octanol–water partition coefficient (Wildman–Crippen LogP) is 2.63. The summed E-state index contributed by atoms with van der Waals surface area (Å²) in [6.07, 6.45) is 2.11. The van der Waals surface area contributed by atoms with Crippen LogP contribution in [0, 0.1) is 5.92 Å². The molecule has 39 heavy (non-hydrogen) atoms. The van der Waals surface area contributed by atoms with E-state index in [0.29, 0.717) is 138 Å². The minimum Gasteiger partial charge on any atom is -0.379 e. The first-order valence-corrected chi connectivity index (χ1v) is 14.6. The molecular formula is C28H58O11. The van der Waals surface area contributed by atoms with E-state index >= 15 is 0 Å². The fraction of sp³-hybridized carbons (Fsp3) is 1.00. The van der Waals surface area contributed by atoms with Crippen LogP contribution in [0.1, 0.15) is 33.6 Å². The highest BCUT2D eigenvalue weighted by atomic mass is 16.6. The summed E-state index contributed by atoms with van der Waals surface area (Å²) in [6, 6.07) is 0. The van der Waals surface area contributed by atoms with Gasteiger partial charge in [-0.3, -0.25) is 0 Å². The molecule has 0 heterocycles. The summed E-state index contributed by atoms with van der Waals surface area (Å²) in [5.41, 5.74) is 0. The minimum absolute atomic E-state index is 0.526. The van der Waals surface area contributed by atoms with Gasteiger partial charge in [-0.05, 0) is 18.8 Å². The van der Waals surface area contributed by atoms with Gasteiger partial charge in [0.2, 0.25) is 0 Å². The van der Waals surface area contributed by atoms with Crippen molar-refractivity contribution in [1.82, 2.24) is 0 Å². The van der Waals surface area contributed by atoms with E-state index in [2.05, 4.69) is 20.8 Å². The van der Waals surface area contributed by atoms with E-state index in [1.165, 1.54) is 0 Å². The fourth-order valence-electron chi connectivity index (χ4n) is 2.76. The second-order valence-corrected chi connectivity index (χ2v) is 8.92. The molecule has 0 bridgehead atoms. The third kappa shape index (κ3) is 37.6. The summed E-state index contributed by atoms with van der Waals surface area (Å²) in [5, 5.41) is 0. The molecular weight excluding hydrogens is 512 g/mol. The summed E-state index contributed by atoms with van der Waals surface area (Å²) in [6.45, 7) is 19.2. The van der Waals surface area contributed by atoms with Crippen molar-refractivity contribution in [3.05, 3.63) is 0 Å². The third-order valence-electron chi connectivity index (χ3n) is 4.91. The summed E-state index contributed by atoms with van der Waals surface area (Å²) >= 11 is 0. The Kier molecular flexibility index (Phi) is 35.2. The Morgan fingerprint density at radius 3 is 0.641 bits per heavy atom. The van der Waals surface area contributed by atoms with E-state index in [-0.39, 0.29) is 0 Å². The Hall–Kier alpha value is -0.440. The Balaban J connectivity index is 3.02. The molecule has 0 spiro atoms. The van der Waals surface area contributed by atoms with Crippen LogP contribution in [-0.2, 0) is 52.1 Å². The van der Waals surface area contributed by atoms with Crippen LogP contribution >= 0.6 is 0 Å². The monoisotopic (exact) mass is 570 g/mol. The molecule has 0 aliphatic rings. The Labute approximate surface area is 237 Å². The Morgan fingerprint density at radius 1 is 0.282 bits per heavy atom. The van der Waals surface area contributed by atoms with Crippen LogP contribution in [0.2, 0.25) is 0 Å². The van der Waals surface area contributed by atoms with Crippen molar-refractivity contribution in [1.29, 1.82) is 0 Å². The molecule has 236 valence electrons. The van der Waals surface area contributed by atoms with E-state index in [4.69, 9.17) is 52.1 Å². The quantitative estimate of drug-likeness (QED) is 0.105. The lowest BCUT2D eigenvalue weighted by Gasteiger charge is -2.09. The molecule has 11 heteroatoms. The number of ether oxygens (including phenoxy) is 11. The van der Waals surface area contributed by atoms with Gasteiger partial charge < -0.3 is 52.1 Å². The van der Waals surface area contributed by atoms with Gasteiger partial charge in [0.05, 0.1) is 132 Å². The maximum Gasteiger partial charge on any atom is 0.0701 e. The van der Waals surface area contributed by atoms with Gasteiger partial charge in [0.25, 0.3) is 0 Å². The standard InChI is InChI=1S/C28H58O11/c1-4-6-29-8-10-31-12-14-33-16-18-35-20-22-37-24-26-39-27-25-38-23-21-36-19-17-34-15-13-32-11-9-30-7-5-28(2)3/h28H,4-27H2,1-3H3. The van der Waals surface area contributed by atoms with Gasteiger partial charge in [0.1, 0.15) is 0 Å². The number of hydrogen-bond acceptors (Lipinski definition) is 11. The molecule has 0 radical (unpaired) electrons. The third-order valence-corrected chi connectivity index (χ3v) is 4.91. The average molecular weight is 571 g/mol. The van der Waals surface area contributed by atoms with Gasteiger partial charge in [0, 0.05) is 13.2 Å². The molecule has 0 aliphatic heterocycles. The molecule has 0 atom stereocenters. The van der Waals surface area contributed by atoms with Gasteiger partial charge in [-0.2, -0.15) is 0 Å². The van der Waals surface area contributed by atoms with Gasteiger partial charge >= 0.3 is 0 Å². The SMILES string of the molecule is CCCOCCOCCOCCOCCOCCOCCOCCOCCOCCOCCOCCC(C)C. The topological polar surface area (TPSA) is 102 Å². The second-order valence-electron chi connectivity index (χ2n) is 8.92. The van der Waals surface area contributed by atoms with E-state index in [1.807, 2.05) is 0 Å². The molecule has 0 aromatic rings. The molecule has 0 aromatic carbocycles. The average Bonchev–Trinajstić information content (AvgIpc) is 2.93.